The van der Waals surface area contributed by atoms with E-state index in [-0.39, 0.29) is 30.1 Å². The average molecular weight is 357 g/mol. The summed E-state index contributed by atoms with van der Waals surface area (Å²) in [5.41, 5.74) is 0.799. The molecule has 1 aliphatic heterocycles. The number of amides is 1. The molecule has 124 valence electrons. The van der Waals surface area contributed by atoms with E-state index < -0.39 is 12.8 Å². The van der Waals surface area contributed by atoms with Crippen LogP contribution in [0.3, 0.4) is 0 Å². The maximum atomic E-state index is 12.0. The summed E-state index contributed by atoms with van der Waals surface area (Å²) in [6, 6.07) is 5.99. The lowest BCUT2D eigenvalue weighted by Crippen LogP contribution is -2.41. The molecule has 9 heteroatoms. The minimum absolute atomic E-state index is 0. The van der Waals surface area contributed by atoms with Crippen LogP contribution in [0.25, 0.3) is 0 Å². The zero-order valence-corrected chi connectivity index (χ0v) is 13.1. The van der Waals surface area contributed by atoms with Crippen LogP contribution in [0.15, 0.2) is 24.3 Å². The van der Waals surface area contributed by atoms with Crippen LogP contribution < -0.4 is 15.4 Å². The number of carbonyl (C=O) groups excluding carboxylic acids is 1. The first kappa shape index (κ1) is 18.9. The van der Waals surface area contributed by atoms with Crippen molar-refractivity contribution < 1.29 is 22.7 Å². The quantitative estimate of drug-likeness (QED) is 0.850. The highest BCUT2D eigenvalue weighted by molar-refractivity contribution is 7.99. The fourth-order valence-corrected chi connectivity index (χ4v) is 2.69. The van der Waals surface area contributed by atoms with E-state index in [1.807, 2.05) is 0 Å². The van der Waals surface area contributed by atoms with Gasteiger partial charge in [0.25, 0.3) is 0 Å². The van der Waals surface area contributed by atoms with Crippen molar-refractivity contribution in [3.8, 4) is 5.75 Å². The Morgan fingerprint density at radius 1 is 1.36 bits per heavy atom. The van der Waals surface area contributed by atoms with Gasteiger partial charge in [-0.3, -0.25) is 10.1 Å². The highest BCUT2D eigenvalue weighted by Crippen LogP contribution is 2.18. The first-order valence-corrected chi connectivity index (χ1v) is 7.47. The molecule has 0 aliphatic carbocycles. The Labute approximate surface area is 136 Å². The van der Waals surface area contributed by atoms with E-state index in [9.17, 15) is 18.0 Å². The van der Waals surface area contributed by atoms with Crippen LogP contribution >= 0.6 is 24.2 Å². The molecule has 1 saturated heterocycles. The number of hydrogen-bond acceptors (Lipinski definition) is 4. The van der Waals surface area contributed by atoms with Gasteiger partial charge in [-0.25, -0.2) is 0 Å². The van der Waals surface area contributed by atoms with Crippen LogP contribution in [0.2, 0.25) is 0 Å². The monoisotopic (exact) mass is 356 g/mol. The molecule has 0 saturated carbocycles. The molecule has 0 bridgehead atoms. The molecule has 1 atom stereocenters. The van der Waals surface area contributed by atoms with Gasteiger partial charge in [0.1, 0.15) is 5.75 Å². The average Bonchev–Trinajstić information content (AvgIpc) is 2.97. The van der Waals surface area contributed by atoms with Gasteiger partial charge in [-0.15, -0.1) is 24.2 Å². The van der Waals surface area contributed by atoms with Crippen molar-refractivity contribution in [1.29, 1.82) is 0 Å². The molecule has 2 rings (SSSR count). The molecule has 1 aromatic rings. The normalized spacial score (nSPS) is 17.7. The van der Waals surface area contributed by atoms with Gasteiger partial charge < -0.3 is 10.1 Å². The van der Waals surface area contributed by atoms with Gasteiger partial charge >= 0.3 is 6.18 Å². The summed E-state index contributed by atoms with van der Waals surface area (Å²) in [4.78, 5) is 11.8. The first-order chi connectivity index (χ1) is 9.94. The molecule has 1 unspecified atom stereocenters. The Morgan fingerprint density at radius 2 is 2.05 bits per heavy atom. The minimum atomic E-state index is -4.35. The van der Waals surface area contributed by atoms with E-state index in [0.29, 0.717) is 6.54 Å². The number of benzene rings is 1. The number of thioether (sulfide) groups is 1. The van der Waals surface area contributed by atoms with Gasteiger partial charge in [-0.05, 0) is 17.7 Å². The summed E-state index contributed by atoms with van der Waals surface area (Å²) in [6.07, 6.45) is -4.35. The van der Waals surface area contributed by atoms with E-state index in [4.69, 9.17) is 0 Å². The van der Waals surface area contributed by atoms with Crippen molar-refractivity contribution in [2.75, 3.05) is 18.2 Å². The number of rotatable bonds is 5. The predicted molar refractivity (Wildman–Crippen MR) is 81.3 cm³/mol. The second-order valence-electron chi connectivity index (χ2n) is 4.54. The molecule has 22 heavy (non-hydrogen) atoms. The smallest absolute Gasteiger partial charge is 0.422 e. The third kappa shape index (κ3) is 6.33. The fraction of sp³-hybridized carbons (Fsp3) is 0.462. The third-order valence-corrected chi connectivity index (χ3v) is 3.77. The Balaban J connectivity index is 0.00000242. The molecule has 0 spiro atoms. The van der Waals surface area contributed by atoms with Gasteiger partial charge in [0.05, 0.1) is 6.04 Å². The summed E-state index contributed by atoms with van der Waals surface area (Å²) < 4.78 is 40.6. The Bertz CT molecular complexity index is 479. The van der Waals surface area contributed by atoms with Gasteiger partial charge in [0, 0.05) is 18.2 Å². The number of ether oxygens (including phenoxy) is 1. The Kier molecular flexibility index (Phi) is 7.31. The second-order valence-corrected chi connectivity index (χ2v) is 5.57. The van der Waals surface area contributed by atoms with Crippen LogP contribution in [0.5, 0.6) is 5.75 Å². The molecule has 1 aromatic carbocycles. The van der Waals surface area contributed by atoms with Crippen LogP contribution in [-0.2, 0) is 11.3 Å². The van der Waals surface area contributed by atoms with Crippen molar-refractivity contribution in [3.63, 3.8) is 0 Å². The van der Waals surface area contributed by atoms with Crippen molar-refractivity contribution in [2.24, 2.45) is 0 Å². The molecular weight excluding hydrogens is 341 g/mol. The van der Waals surface area contributed by atoms with Crippen LogP contribution in [0, 0.1) is 0 Å². The molecule has 1 amide bonds. The zero-order chi connectivity index (χ0) is 15.3. The molecule has 4 nitrogen and oxygen atoms in total. The summed E-state index contributed by atoms with van der Waals surface area (Å²) in [7, 11) is 0. The number of alkyl halides is 3. The zero-order valence-electron chi connectivity index (χ0n) is 11.5. The second kappa shape index (κ2) is 8.50. The lowest BCUT2D eigenvalue weighted by Gasteiger charge is -2.11. The standard InChI is InChI=1S/C13H15F3N2O2S.ClH/c14-13(15,16)7-20-10-3-1-9(2-4-10)5-17-12(19)11-6-21-8-18-11;/h1-4,11,18H,5-8H2,(H,17,19);1H. The Morgan fingerprint density at radius 3 is 2.59 bits per heavy atom. The van der Waals surface area contributed by atoms with Crippen LogP contribution in [0.1, 0.15) is 5.56 Å². The highest BCUT2D eigenvalue weighted by atomic mass is 35.5. The van der Waals surface area contributed by atoms with Crippen molar-refractivity contribution in [1.82, 2.24) is 10.6 Å². The van der Waals surface area contributed by atoms with E-state index in [1.54, 1.807) is 23.9 Å². The fourth-order valence-electron chi connectivity index (χ4n) is 1.74. The number of halogens is 4. The molecular formula is C13H16ClF3N2O2S. The largest absolute Gasteiger partial charge is 0.484 e. The number of nitrogens with one attached hydrogen (secondary N) is 2. The lowest BCUT2D eigenvalue weighted by atomic mass is 10.2. The maximum absolute atomic E-state index is 12.0. The molecule has 0 aromatic heterocycles. The molecule has 0 radical (unpaired) electrons. The Hall–Kier alpha value is -1.12. The predicted octanol–water partition coefficient (Wildman–Crippen LogP) is 2.33. The van der Waals surface area contributed by atoms with Crippen molar-refractivity contribution in [2.45, 2.75) is 18.8 Å². The molecule has 1 aliphatic rings. The summed E-state index contributed by atoms with van der Waals surface area (Å²) in [5, 5.41) is 5.84. The van der Waals surface area contributed by atoms with E-state index in [1.165, 1.54) is 12.1 Å². The van der Waals surface area contributed by atoms with Gasteiger partial charge in [0.2, 0.25) is 5.91 Å². The summed E-state index contributed by atoms with van der Waals surface area (Å²) in [6.45, 7) is -0.977. The maximum Gasteiger partial charge on any atom is 0.422 e. The highest BCUT2D eigenvalue weighted by Gasteiger charge is 2.28. The third-order valence-electron chi connectivity index (χ3n) is 2.83. The van der Waals surface area contributed by atoms with Gasteiger partial charge in [-0.2, -0.15) is 13.2 Å². The van der Waals surface area contributed by atoms with Crippen LogP contribution in [-0.4, -0.2) is 36.4 Å². The topological polar surface area (TPSA) is 50.4 Å². The van der Waals surface area contributed by atoms with E-state index in [2.05, 4.69) is 15.4 Å². The molecule has 1 fully saturated rings. The lowest BCUT2D eigenvalue weighted by molar-refractivity contribution is -0.153. The van der Waals surface area contributed by atoms with Crippen molar-refractivity contribution in [3.05, 3.63) is 29.8 Å². The molecule has 2 N–H and O–H groups in total. The van der Waals surface area contributed by atoms with Gasteiger partial charge in [-0.1, -0.05) is 12.1 Å². The molecule has 1 heterocycles. The summed E-state index contributed by atoms with van der Waals surface area (Å²) in [5.74, 6) is 1.59. The van der Waals surface area contributed by atoms with Crippen LogP contribution in [0.4, 0.5) is 13.2 Å². The van der Waals surface area contributed by atoms with Gasteiger partial charge in [0.15, 0.2) is 6.61 Å². The minimum Gasteiger partial charge on any atom is -0.484 e. The summed E-state index contributed by atoms with van der Waals surface area (Å²) >= 11 is 1.66. The van der Waals surface area contributed by atoms with Crippen molar-refractivity contribution >= 4 is 30.1 Å². The van der Waals surface area contributed by atoms with E-state index in [0.717, 1.165) is 17.2 Å². The van der Waals surface area contributed by atoms with E-state index >= 15 is 0 Å². The number of carbonyl (C=O) groups is 1. The first-order valence-electron chi connectivity index (χ1n) is 6.31. The SMILES string of the molecule is Cl.O=C(NCc1ccc(OCC(F)(F)F)cc1)C1CSCN1. The number of hydrogen-bond donors (Lipinski definition) is 2.